The molecule has 0 aromatic carbocycles. The number of rotatable bonds is 5. The van der Waals surface area contributed by atoms with Crippen molar-refractivity contribution in [3.05, 3.63) is 18.7 Å². The molecule has 0 radical (unpaired) electrons. The number of nitrogens with zero attached hydrogens (tertiary/aromatic N) is 3. The minimum Gasteiger partial charge on any atom is -0.393 e. The van der Waals surface area contributed by atoms with E-state index in [4.69, 9.17) is 18.0 Å². The second kappa shape index (κ2) is 6.12. The normalized spacial score (nSPS) is 18.4. The van der Waals surface area contributed by atoms with E-state index in [2.05, 4.69) is 14.5 Å². The number of imidazole rings is 1. The van der Waals surface area contributed by atoms with Gasteiger partial charge in [-0.2, -0.15) is 0 Å². The Balaban J connectivity index is 1.63. The zero-order chi connectivity index (χ0) is 12.1. The van der Waals surface area contributed by atoms with Gasteiger partial charge in [-0.3, -0.25) is 0 Å². The molecule has 4 nitrogen and oxygen atoms in total. The van der Waals surface area contributed by atoms with Crippen LogP contribution in [0.15, 0.2) is 18.7 Å². The molecule has 0 atom stereocenters. The van der Waals surface area contributed by atoms with Gasteiger partial charge in [-0.05, 0) is 38.9 Å². The molecule has 2 rings (SSSR count). The number of aromatic nitrogens is 2. The van der Waals surface area contributed by atoms with Crippen molar-refractivity contribution in [1.82, 2.24) is 14.5 Å². The topological polar surface area (TPSA) is 47.1 Å². The number of piperidine rings is 1. The van der Waals surface area contributed by atoms with Gasteiger partial charge in [0, 0.05) is 24.9 Å². The predicted octanol–water partition coefficient (Wildman–Crippen LogP) is 1.27. The van der Waals surface area contributed by atoms with Crippen LogP contribution in [0.1, 0.15) is 19.3 Å². The number of nitrogens with two attached hydrogens (primary N) is 1. The molecule has 1 aromatic heterocycles. The summed E-state index contributed by atoms with van der Waals surface area (Å²) < 4.78 is 2.13. The molecule has 0 aliphatic carbocycles. The van der Waals surface area contributed by atoms with E-state index < -0.39 is 0 Å². The molecule has 0 bridgehead atoms. The van der Waals surface area contributed by atoms with Gasteiger partial charge < -0.3 is 15.2 Å². The lowest BCUT2D eigenvalue weighted by Gasteiger charge is -2.31. The summed E-state index contributed by atoms with van der Waals surface area (Å²) in [4.78, 5) is 7.24. The number of thiocarbonyl (C=S) groups is 1. The van der Waals surface area contributed by atoms with Crippen LogP contribution in [-0.4, -0.2) is 39.1 Å². The molecule has 1 aliphatic rings. The van der Waals surface area contributed by atoms with Crippen LogP contribution in [0.25, 0.3) is 0 Å². The van der Waals surface area contributed by atoms with Gasteiger partial charge in [0.15, 0.2) is 0 Å². The predicted molar refractivity (Wildman–Crippen MR) is 72.8 cm³/mol. The molecule has 1 aromatic rings. The standard InChI is InChI=1S/C12H20N4S/c13-12(17)11-2-7-15(8-3-11)5-1-6-16-9-4-14-10-16/h4,9-11H,1-3,5-8H2,(H2,13,17). The van der Waals surface area contributed by atoms with Crippen molar-refractivity contribution in [2.75, 3.05) is 19.6 Å². The van der Waals surface area contributed by atoms with Gasteiger partial charge >= 0.3 is 0 Å². The van der Waals surface area contributed by atoms with E-state index in [1.807, 2.05) is 18.7 Å². The fourth-order valence-corrected chi connectivity index (χ4v) is 2.57. The summed E-state index contributed by atoms with van der Waals surface area (Å²) in [7, 11) is 0. The highest BCUT2D eigenvalue weighted by Gasteiger charge is 2.20. The van der Waals surface area contributed by atoms with Gasteiger partial charge in [0.05, 0.1) is 11.3 Å². The van der Waals surface area contributed by atoms with Gasteiger partial charge in [-0.15, -0.1) is 0 Å². The van der Waals surface area contributed by atoms with Gasteiger partial charge in [0.1, 0.15) is 0 Å². The van der Waals surface area contributed by atoms with Crippen molar-refractivity contribution in [2.45, 2.75) is 25.8 Å². The number of likely N-dealkylation sites (tertiary alicyclic amines) is 1. The Morgan fingerprint density at radius 1 is 1.35 bits per heavy atom. The van der Waals surface area contributed by atoms with Crippen LogP contribution in [0, 0.1) is 5.92 Å². The first-order valence-electron chi connectivity index (χ1n) is 6.23. The third kappa shape index (κ3) is 3.78. The second-order valence-corrected chi connectivity index (χ2v) is 5.14. The molecule has 0 unspecified atom stereocenters. The monoisotopic (exact) mass is 252 g/mol. The maximum absolute atomic E-state index is 5.68. The van der Waals surface area contributed by atoms with Gasteiger partial charge in [-0.25, -0.2) is 4.98 Å². The fourth-order valence-electron chi connectivity index (χ4n) is 2.34. The Kier molecular flexibility index (Phi) is 4.50. The lowest BCUT2D eigenvalue weighted by Crippen LogP contribution is -2.38. The molecule has 5 heteroatoms. The molecule has 17 heavy (non-hydrogen) atoms. The molecular formula is C12H20N4S. The third-order valence-corrected chi connectivity index (χ3v) is 3.77. The van der Waals surface area contributed by atoms with Crippen LogP contribution >= 0.6 is 12.2 Å². The summed E-state index contributed by atoms with van der Waals surface area (Å²) in [5.41, 5.74) is 5.68. The second-order valence-electron chi connectivity index (χ2n) is 4.67. The SMILES string of the molecule is NC(=S)C1CCN(CCCn2ccnc2)CC1. The van der Waals surface area contributed by atoms with Crippen LogP contribution < -0.4 is 5.73 Å². The molecule has 0 spiro atoms. The van der Waals surface area contributed by atoms with Crippen LogP contribution in [0.2, 0.25) is 0 Å². The van der Waals surface area contributed by atoms with Crippen molar-refractivity contribution in [3.8, 4) is 0 Å². The van der Waals surface area contributed by atoms with Crippen LogP contribution in [-0.2, 0) is 6.54 Å². The number of hydrogen-bond acceptors (Lipinski definition) is 3. The molecule has 2 heterocycles. The fraction of sp³-hybridized carbons (Fsp3) is 0.667. The highest BCUT2D eigenvalue weighted by Crippen LogP contribution is 2.17. The number of hydrogen-bond donors (Lipinski definition) is 1. The highest BCUT2D eigenvalue weighted by molar-refractivity contribution is 7.80. The average molecular weight is 252 g/mol. The van der Waals surface area contributed by atoms with Crippen LogP contribution in [0.3, 0.4) is 0 Å². The summed E-state index contributed by atoms with van der Waals surface area (Å²) in [5.74, 6) is 0.467. The molecule has 1 fully saturated rings. The van der Waals surface area contributed by atoms with Crippen LogP contribution in [0.5, 0.6) is 0 Å². The smallest absolute Gasteiger partial charge is 0.0945 e. The van der Waals surface area contributed by atoms with Gasteiger partial charge in [0.25, 0.3) is 0 Å². The van der Waals surface area contributed by atoms with Crippen molar-refractivity contribution in [3.63, 3.8) is 0 Å². The third-order valence-electron chi connectivity index (χ3n) is 3.44. The highest BCUT2D eigenvalue weighted by atomic mass is 32.1. The summed E-state index contributed by atoms with van der Waals surface area (Å²) >= 11 is 5.04. The van der Waals surface area contributed by atoms with E-state index in [1.165, 1.54) is 6.42 Å². The molecule has 0 amide bonds. The Morgan fingerprint density at radius 2 is 2.12 bits per heavy atom. The number of aryl methyl sites for hydroxylation is 1. The molecule has 1 aliphatic heterocycles. The van der Waals surface area contributed by atoms with E-state index in [-0.39, 0.29) is 0 Å². The van der Waals surface area contributed by atoms with E-state index in [0.29, 0.717) is 10.9 Å². The maximum Gasteiger partial charge on any atom is 0.0945 e. The van der Waals surface area contributed by atoms with Crippen molar-refractivity contribution in [1.29, 1.82) is 0 Å². The van der Waals surface area contributed by atoms with Crippen molar-refractivity contribution < 1.29 is 0 Å². The van der Waals surface area contributed by atoms with E-state index in [9.17, 15) is 0 Å². The van der Waals surface area contributed by atoms with Crippen molar-refractivity contribution >= 4 is 17.2 Å². The van der Waals surface area contributed by atoms with E-state index >= 15 is 0 Å². The minimum atomic E-state index is 0.467. The average Bonchev–Trinajstić information content (AvgIpc) is 2.83. The first-order valence-corrected chi connectivity index (χ1v) is 6.64. The molecule has 1 saturated heterocycles. The quantitative estimate of drug-likeness (QED) is 0.802. The Bertz CT molecular complexity index is 341. The summed E-state index contributed by atoms with van der Waals surface area (Å²) in [6.07, 6.45) is 9.14. The first kappa shape index (κ1) is 12.5. The summed E-state index contributed by atoms with van der Waals surface area (Å²) in [5, 5.41) is 0. The van der Waals surface area contributed by atoms with E-state index in [1.54, 1.807) is 0 Å². The lowest BCUT2D eigenvalue weighted by molar-refractivity contribution is 0.205. The first-order chi connectivity index (χ1) is 8.25. The lowest BCUT2D eigenvalue weighted by atomic mass is 9.97. The Morgan fingerprint density at radius 3 is 2.71 bits per heavy atom. The Hall–Kier alpha value is -0.940. The molecule has 2 N–H and O–H groups in total. The minimum absolute atomic E-state index is 0.467. The molecular weight excluding hydrogens is 232 g/mol. The van der Waals surface area contributed by atoms with Crippen LogP contribution in [0.4, 0.5) is 0 Å². The zero-order valence-corrected chi connectivity index (χ0v) is 10.9. The van der Waals surface area contributed by atoms with Gasteiger partial charge in [-0.1, -0.05) is 12.2 Å². The molecule has 0 saturated carbocycles. The zero-order valence-electron chi connectivity index (χ0n) is 10.1. The molecule has 94 valence electrons. The Labute approximate surface area is 108 Å². The summed E-state index contributed by atoms with van der Waals surface area (Å²) in [6.45, 7) is 4.47. The largest absolute Gasteiger partial charge is 0.393 e. The summed E-state index contributed by atoms with van der Waals surface area (Å²) in [6, 6.07) is 0. The van der Waals surface area contributed by atoms with Gasteiger partial charge in [0.2, 0.25) is 0 Å². The maximum atomic E-state index is 5.68. The van der Waals surface area contributed by atoms with Crippen molar-refractivity contribution in [2.24, 2.45) is 11.7 Å². The van der Waals surface area contributed by atoms with E-state index in [0.717, 1.165) is 39.0 Å².